The minimum atomic E-state index is -3.05. The Bertz CT molecular complexity index is 1320. The zero-order valence-corrected chi connectivity index (χ0v) is 17.9. The van der Waals surface area contributed by atoms with Gasteiger partial charge in [0.15, 0.2) is 6.61 Å². The van der Waals surface area contributed by atoms with Crippen LogP contribution in [0.4, 0.5) is 18.9 Å². The molecular weight excluding hydrogens is 459 g/mol. The van der Waals surface area contributed by atoms with Crippen molar-refractivity contribution in [2.75, 3.05) is 11.9 Å². The smallest absolute Gasteiger partial charge is 0.387 e. The van der Waals surface area contributed by atoms with E-state index in [-0.39, 0.29) is 22.1 Å². The van der Waals surface area contributed by atoms with Crippen LogP contribution in [0.25, 0.3) is 15.9 Å². The van der Waals surface area contributed by atoms with E-state index in [1.54, 1.807) is 29.8 Å². The quantitative estimate of drug-likeness (QED) is 0.383. The van der Waals surface area contributed by atoms with Gasteiger partial charge in [0.1, 0.15) is 21.3 Å². The highest BCUT2D eigenvalue weighted by molar-refractivity contribution is 7.20. The zero-order chi connectivity index (χ0) is 23.5. The number of esters is 1. The van der Waals surface area contributed by atoms with Crippen molar-refractivity contribution in [2.24, 2.45) is 0 Å². The molecule has 0 atom stereocenters. The molecule has 0 bridgehead atoms. The molecule has 4 rings (SSSR count). The highest BCUT2D eigenvalue weighted by Crippen LogP contribution is 2.31. The van der Waals surface area contributed by atoms with Crippen LogP contribution in [-0.4, -0.2) is 34.9 Å². The third-order valence-corrected chi connectivity index (χ3v) is 5.62. The maximum Gasteiger partial charge on any atom is 0.387 e. The van der Waals surface area contributed by atoms with Gasteiger partial charge in [-0.05, 0) is 49.4 Å². The van der Waals surface area contributed by atoms with Crippen molar-refractivity contribution >= 4 is 39.1 Å². The number of nitrogens with zero attached hydrogens (tertiary/aromatic N) is 2. The van der Waals surface area contributed by atoms with Gasteiger partial charge in [0.25, 0.3) is 5.91 Å². The second-order valence-electron chi connectivity index (χ2n) is 6.80. The Morgan fingerprint density at radius 3 is 2.61 bits per heavy atom. The largest absolute Gasteiger partial charge is 0.451 e. The number of carbonyl (C=O) groups is 2. The molecule has 7 nitrogen and oxygen atoms in total. The van der Waals surface area contributed by atoms with E-state index < -0.39 is 25.1 Å². The summed E-state index contributed by atoms with van der Waals surface area (Å²) in [6.07, 6.45) is 0. The molecule has 0 saturated heterocycles. The third-order valence-electron chi connectivity index (χ3n) is 4.53. The van der Waals surface area contributed by atoms with Gasteiger partial charge in [0.05, 0.1) is 17.1 Å². The van der Waals surface area contributed by atoms with Crippen molar-refractivity contribution in [1.82, 2.24) is 9.78 Å². The Kier molecular flexibility index (Phi) is 6.31. The molecule has 0 spiro atoms. The second kappa shape index (κ2) is 9.33. The van der Waals surface area contributed by atoms with Crippen LogP contribution in [0.2, 0.25) is 0 Å². The van der Waals surface area contributed by atoms with Gasteiger partial charge < -0.3 is 14.8 Å². The van der Waals surface area contributed by atoms with Gasteiger partial charge in [0, 0.05) is 5.39 Å². The summed E-state index contributed by atoms with van der Waals surface area (Å²) in [6, 6.07) is 13.0. The van der Waals surface area contributed by atoms with Gasteiger partial charge >= 0.3 is 12.6 Å². The van der Waals surface area contributed by atoms with E-state index in [0.29, 0.717) is 16.2 Å². The number of alkyl halides is 2. The predicted molar refractivity (Wildman–Crippen MR) is 116 cm³/mol. The Morgan fingerprint density at radius 1 is 1.15 bits per heavy atom. The molecule has 2 aromatic heterocycles. The number of hydrogen-bond donors (Lipinski definition) is 1. The van der Waals surface area contributed by atoms with Gasteiger partial charge in [0.2, 0.25) is 0 Å². The van der Waals surface area contributed by atoms with E-state index in [4.69, 9.17) is 4.74 Å². The first-order chi connectivity index (χ1) is 15.8. The lowest BCUT2D eigenvalue weighted by Crippen LogP contribution is -2.21. The fourth-order valence-corrected chi connectivity index (χ4v) is 4.14. The Balaban J connectivity index is 1.45. The molecule has 2 heterocycles. The van der Waals surface area contributed by atoms with Gasteiger partial charge in [-0.2, -0.15) is 13.9 Å². The average molecular weight is 475 g/mol. The van der Waals surface area contributed by atoms with Crippen molar-refractivity contribution < 1.29 is 32.2 Å². The summed E-state index contributed by atoms with van der Waals surface area (Å²) < 4.78 is 49.2. The van der Waals surface area contributed by atoms with E-state index in [9.17, 15) is 22.8 Å². The Labute approximate surface area is 189 Å². The second-order valence-corrected chi connectivity index (χ2v) is 7.83. The number of aromatic nitrogens is 2. The summed E-state index contributed by atoms with van der Waals surface area (Å²) >= 11 is 1.11. The number of hydrogen-bond acceptors (Lipinski definition) is 6. The number of para-hydroxylation sites is 2. The molecule has 0 saturated carbocycles. The van der Waals surface area contributed by atoms with E-state index in [1.165, 1.54) is 36.4 Å². The number of benzene rings is 2. The molecule has 4 aromatic rings. The number of nitrogens with one attached hydrogen (secondary N) is 1. The van der Waals surface area contributed by atoms with Crippen molar-refractivity contribution in [3.05, 3.63) is 71.0 Å². The van der Waals surface area contributed by atoms with E-state index in [2.05, 4.69) is 15.2 Å². The summed E-state index contributed by atoms with van der Waals surface area (Å²) in [6.45, 7) is -1.90. The number of amides is 1. The van der Waals surface area contributed by atoms with Gasteiger partial charge in [-0.15, -0.1) is 11.3 Å². The number of halogens is 3. The first-order valence-corrected chi connectivity index (χ1v) is 10.4. The maximum absolute atomic E-state index is 13.2. The molecule has 0 radical (unpaired) electrons. The number of anilines is 1. The molecule has 1 amide bonds. The summed E-state index contributed by atoms with van der Waals surface area (Å²) in [4.78, 5) is 25.6. The van der Waals surface area contributed by atoms with E-state index in [0.717, 1.165) is 16.7 Å². The molecule has 2 aromatic carbocycles. The minimum Gasteiger partial charge on any atom is -0.451 e. The zero-order valence-electron chi connectivity index (χ0n) is 17.1. The molecule has 0 unspecified atom stereocenters. The van der Waals surface area contributed by atoms with Crippen LogP contribution in [0.3, 0.4) is 0 Å². The normalized spacial score (nSPS) is 11.1. The lowest BCUT2D eigenvalue weighted by Gasteiger charge is -2.11. The molecular formula is C22H16F3N3O4S. The summed E-state index contributed by atoms with van der Waals surface area (Å²) in [5.74, 6) is -2.04. The van der Waals surface area contributed by atoms with Crippen molar-refractivity contribution in [1.29, 1.82) is 0 Å². The summed E-state index contributed by atoms with van der Waals surface area (Å²) in [7, 11) is 0. The summed E-state index contributed by atoms with van der Waals surface area (Å²) in [5.41, 5.74) is 1.31. The van der Waals surface area contributed by atoms with Gasteiger partial charge in [-0.1, -0.05) is 12.1 Å². The van der Waals surface area contributed by atoms with Crippen LogP contribution in [0, 0.1) is 12.7 Å². The summed E-state index contributed by atoms with van der Waals surface area (Å²) in [5, 5.41) is 7.52. The molecule has 33 heavy (non-hydrogen) atoms. The average Bonchev–Trinajstić information content (AvgIpc) is 3.34. The van der Waals surface area contributed by atoms with Crippen molar-refractivity contribution in [3.63, 3.8) is 0 Å². The fraction of sp³-hybridized carbons (Fsp3) is 0.136. The van der Waals surface area contributed by atoms with Gasteiger partial charge in [-0.25, -0.2) is 13.9 Å². The van der Waals surface area contributed by atoms with E-state index >= 15 is 0 Å². The molecule has 170 valence electrons. The lowest BCUT2D eigenvalue weighted by atomic mass is 10.3. The van der Waals surface area contributed by atoms with Crippen molar-refractivity contribution in [3.8, 4) is 11.4 Å². The number of ether oxygens (including phenoxy) is 2. The van der Waals surface area contributed by atoms with Gasteiger partial charge in [-0.3, -0.25) is 4.79 Å². The van der Waals surface area contributed by atoms with E-state index in [1.807, 2.05) is 0 Å². The predicted octanol–water partition coefficient (Wildman–Crippen LogP) is 4.93. The number of fused-ring (bicyclic) bond motifs is 1. The van der Waals surface area contributed by atoms with Crippen LogP contribution in [0.5, 0.6) is 5.75 Å². The number of carbonyl (C=O) groups excluding carboxylic acids is 2. The minimum absolute atomic E-state index is 0.0238. The Hall–Kier alpha value is -3.86. The molecule has 0 aliphatic heterocycles. The van der Waals surface area contributed by atoms with Crippen LogP contribution in [0.15, 0.2) is 54.6 Å². The van der Waals surface area contributed by atoms with Crippen LogP contribution >= 0.6 is 11.3 Å². The fourth-order valence-electron chi connectivity index (χ4n) is 3.06. The van der Waals surface area contributed by atoms with Crippen LogP contribution < -0.4 is 10.1 Å². The van der Waals surface area contributed by atoms with Crippen LogP contribution in [0.1, 0.15) is 15.4 Å². The lowest BCUT2D eigenvalue weighted by molar-refractivity contribution is -0.119. The first kappa shape index (κ1) is 22.3. The molecule has 11 heteroatoms. The van der Waals surface area contributed by atoms with Crippen LogP contribution in [-0.2, 0) is 9.53 Å². The first-order valence-electron chi connectivity index (χ1n) is 9.57. The molecule has 1 N–H and O–H groups in total. The monoisotopic (exact) mass is 475 g/mol. The molecule has 0 aliphatic rings. The Morgan fingerprint density at radius 2 is 1.88 bits per heavy atom. The topological polar surface area (TPSA) is 82.5 Å². The van der Waals surface area contributed by atoms with Crippen molar-refractivity contribution in [2.45, 2.75) is 13.5 Å². The molecule has 0 aliphatic carbocycles. The third kappa shape index (κ3) is 4.98. The highest BCUT2D eigenvalue weighted by Gasteiger charge is 2.19. The SMILES string of the molecule is Cc1nn(-c2ccc(F)cc2)c2sc(C(=O)OCC(=O)Nc3ccccc3OC(F)F)cc12. The standard InChI is InChI=1S/C22H16F3N3O4S/c1-12-15-10-18(33-20(15)28(27-12)14-8-6-13(23)7-9-14)21(30)31-11-19(29)26-16-4-2-3-5-17(16)32-22(24)25/h2-10,22H,11H2,1H3,(H,26,29). The number of rotatable bonds is 7. The number of thiophene rings is 1. The highest BCUT2D eigenvalue weighted by atomic mass is 32.1. The molecule has 0 fully saturated rings. The number of aryl methyl sites for hydroxylation is 1. The maximum atomic E-state index is 13.2.